The van der Waals surface area contributed by atoms with Crippen molar-refractivity contribution in [2.45, 2.75) is 13.5 Å². The summed E-state index contributed by atoms with van der Waals surface area (Å²) in [6, 6.07) is 5.86. The zero-order valence-electron chi connectivity index (χ0n) is 9.54. The Bertz CT molecular complexity index is 538. The second kappa shape index (κ2) is 5.22. The number of rotatable bonds is 3. The topological polar surface area (TPSA) is 42.7 Å². The van der Waals surface area contributed by atoms with Gasteiger partial charge in [0.2, 0.25) is 0 Å². The number of aromatic nitrogens is 3. The summed E-state index contributed by atoms with van der Waals surface area (Å²) >= 11 is 8.35. The molecule has 0 aliphatic rings. The van der Waals surface area contributed by atoms with E-state index in [1.807, 2.05) is 36.7 Å². The van der Waals surface area contributed by atoms with Crippen molar-refractivity contribution in [3.63, 3.8) is 0 Å². The summed E-state index contributed by atoms with van der Waals surface area (Å²) < 4.78 is 3.10. The van der Waals surface area contributed by atoms with Crippen LogP contribution in [0.2, 0.25) is 5.02 Å². The molecule has 0 spiro atoms. The minimum Gasteiger partial charge on any atom is -0.377 e. The van der Waals surface area contributed by atoms with Gasteiger partial charge >= 0.3 is 0 Å². The summed E-state index contributed by atoms with van der Waals surface area (Å²) in [6.45, 7) is 2.53. The Labute approximate surface area is 119 Å². The maximum Gasteiger partial charge on any atom is 0.152 e. The van der Waals surface area contributed by atoms with Gasteiger partial charge in [-0.3, -0.25) is 0 Å². The Morgan fingerprint density at radius 1 is 1.41 bits per heavy atom. The van der Waals surface area contributed by atoms with Crippen LogP contribution in [0.1, 0.15) is 11.6 Å². The van der Waals surface area contributed by atoms with E-state index in [2.05, 4.69) is 38.1 Å². The van der Waals surface area contributed by atoms with E-state index in [0.717, 1.165) is 20.9 Å². The van der Waals surface area contributed by atoms with Crippen LogP contribution in [0.4, 0.5) is 5.69 Å². The van der Waals surface area contributed by atoms with Gasteiger partial charge in [0.25, 0.3) is 0 Å². The van der Waals surface area contributed by atoms with E-state index in [4.69, 9.17) is 11.6 Å². The highest BCUT2D eigenvalue weighted by Crippen LogP contribution is 2.24. The molecule has 0 saturated carbocycles. The highest BCUT2D eigenvalue weighted by atomic mass is 127. The predicted octanol–water partition coefficient (Wildman–Crippen LogP) is 2.99. The van der Waals surface area contributed by atoms with Crippen LogP contribution in [0, 0.1) is 10.5 Å². The first-order chi connectivity index (χ1) is 8.08. The SMILES string of the molecule is Cc1nnc(CNc2cc(I)ccc2Cl)n1C. The first kappa shape index (κ1) is 12.6. The molecule has 0 radical (unpaired) electrons. The molecule has 0 bridgehead atoms. The fourth-order valence-corrected chi connectivity index (χ4v) is 2.09. The fourth-order valence-electron chi connectivity index (χ4n) is 1.41. The van der Waals surface area contributed by atoms with Crippen LogP contribution in [0.15, 0.2) is 18.2 Å². The number of nitrogens with one attached hydrogen (secondary N) is 1. The number of hydrogen-bond acceptors (Lipinski definition) is 3. The highest BCUT2D eigenvalue weighted by Gasteiger charge is 2.06. The number of halogens is 2. The van der Waals surface area contributed by atoms with Crippen molar-refractivity contribution in [2.75, 3.05) is 5.32 Å². The first-order valence-electron chi connectivity index (χ1n) is 5.11. The molecular formula is C11H12ClIN4. The molecule has 1 N–H and O–H groups in total. The Balaban J connectivity index is 2.12. The molecule has 0 aliphatic carbocycles. The van der Waals surface area contributed by atoms with Crippen molar-refractivity contribution in [1.82, 2.24) is 14.8 Å². The summed E-state index contributed by atoms with van der Waals surface area (Å²) in [5.41, 5.74) is 0.916. The van der Waals surface area contributed by atoms with Gasteiger partial charge in [0.05, 0.1) is 17.3 Å². The maximum atomic E-state index is 6.10. The largest absolute Gasteiger partial charge is 0.377 e. The lowest BCUT2D eigenvalue weighted by Crippen LogP contribution is -2.07. The van der Waals surface area contributed by atoms with Crippen molar-refractivity contribution in [3.8, 4) is 0 Å². The first-order valence-corrected chi connectivity index (χ1v) is 6.57. The average molecular weight is 363 g/mol. The lowest BCUT2D eigenvalue weighted by atomic mass is 10.3. The highest BCUT2D eigenvalue weighted by molar-refractivity contribution is 14.1. The molecule has 6 heteroatoms. The molecule has 4 nitrogen and oxygen atoms in total. The van der Waals surface area contributed by atoms with Crippen molar-refractivity contribution < 1.29 is 0 Å². The van der Waals surface area contributed by atoms with Crippen LogP contribution < -0.4 is 5.32 Å². The second-order valence-electron chi connectivity index (χ2n) is 3.70. The molecule has 17 heavy (non-hydrogen) atoms. The van der Waals surface area contributed by atoms with Crippen molar-refractivity contribution >= 4 is 39.9 Å². The molecule has 2 rings (SSSR count). The van der Waals surface area contributed by atoms with Gasteiger partial charge in [-0.25, -0.2) is 0 Å². The van der Waals surface area contributed by atoms with Gasteiger partial charge in [0.15, 0.2) is 5.82 Å². The molecule has 2 aromatic rings. The van der Waals surface area contributed by atoms with Crippen molar-refractivity contribution in [2.24, 2.45) is 7.05 Å². The average Bonchev–Trinajstić information content (AvgIpc) is 2.62. The quantitative estimate of drug-likeness (QED) is 0.854. The van der Waals surface area contributed by atoms with E-state index in [1.54, 1.807) is 0 Å². The Morgan fingerprint density at radius 2 is 2.18 bits per heavy atom. The normalized spacial score (nSPS) is 10.6. The van der Waals surface area contributed by atoms with E-state index >= 15 is 0 Å². The van der Waals surface area contributed by atoms with Gasteiger partial charge in [-0.1, -0.05) is 11.6 Å². The number of anilines is 1. The van der Waals surface area contributed by atoms with E-state index in [9.17, 15) is 0 Å². The van der Waals surface area contributed by atoms with Crippen molar-refractivity contribution in [3.05, 3.63) is 38.4 Å². The molecule has 90 valence electrons. The third kappa shape index (κ3) is 2.90. The van der Waals surface area contributed by atoms with E-state index in [0.29, 0.717) is 11.6 Å². The number of aryl methyl sites for hydroxylation is 1. The molecule has 0 saturated heterocycles. The van der Waals surface area contributed by atoms with E-state index in [1.165, 1.54) is 0 Å². The lowest BCUT2D eigenvalue weighted by molar-refractivity contribution is 0.789. The summed E-state index contributed by atoms with van der Waals surface area (Å²) in [7, 11) is 1.95. The predicted molar refractivity (Wildman–Crippen MR) is 77.2 cm³/mol. The smallest absolute Gasteiger partial charge is 0.152 e. The zero-order chi connectivity index (χ0) is 12.4. The van der Waals surface area contributed by atoms with Gasteiger partial charge in [-0.05, 0) is 47.7 Å². The lowest BCUT2D eigenvalue weighted by Gasteiger charge is -2.08. The van der Waals surface area contributed by atoms with E-state index < -0.39 is 0 Å². The third-order valence-corrected chi connectivity index (χ3v) is 3.55. The van der Waals surface area contributed by atoms with Gasteiger partial charge in [0, 0.05) is 10.6 Å². The summed E-state index contributed by atoms with van der Waals surface area (Å²) in [6.07, 6.45) is 0. The molecule has 0 unspecified atom stereocenters. The van der Waals surface area contributed by atoms with Crippen LogP contribution in [-0.2, 0) is 13.6 Å². The van der Waals surface area contributed by atoms with Crippen LogP contribution in [0.5, 0.6) is 0 Å². The molecular weight excluding hydrogens is 351 g/mol. The molecule has 0 amide bonds. The third-order valence-electron chi connectivity index (χ3n) is 2.55. The zero-order valence-corrected chi connectivity index (χ0v) is 12.5. The van der Waals surface area contributed by atoms with Crippen LogP contribution in [-0.4, -0.2) is 14.8 Å². The van der Waals surface area contributed by atoms with Crippen molar-refractivity contribution in [1.29, 1.82) is 0 Å². The molecule has 0 aliphatic heterocycles. The maximum absolute atomic E-state index is 6.10. The summed E-state index contributed by atoms with van der Waals surface area (Å²) in [5.74, 6) is 1.79. The molecule has 0 atom stereocenters. The van der Waals surface area contributed by atoms with Gasteiger partial charge in [-0.2, -0.15) is 0 Å². The number of benzene rings is 1. The number of hydrogen-bond donors (Lipinski definition) is 1. The summed E-state index contributed by atoms with van der Waals surface area (Å²) in [4.78, 5) is 0. The van der Waals surface area contributed by atoms with Gasteiger partial charge in [-0.15, -0.1) is 10.2 Å². The Kier molecular flexibility index (Phi) is 3.88. The van der Waals surface area contributed by atoms with E-state index in [-0.39, 0.29) is 0 Å². The molecule has 1 aromatic heterocycles. The fraction of sp³-hybridized carbons (Fsp3) is 0.273. The van der Waals surface area contributed by atoms with Gasteiger partial charge in [0.1, 0.15) is 5.82 Å². The van der Waals surface area contributed by atoms with Crippen LogP contribution in [0.3, 0.4) is 0 Å². The minimum atomic E-state index is 0.608. The van der Waals surface area contributed by atoms with Crippen LogP contribution >= 0.6 is 34.2 Å². The molecule has 0 fully saturated rings. The minimum absolute atomic E-state index is 0.608. The number of nitrogens with zero attached hydrogens (tertiary/aromatic N) is 3. The monoisotopic (exact) mass is 362 g/mol. The summed E-state index contributed by atoms with van der Waals surface area (Å²) in [5, 5.41) is 12.1. The second-order valence-corrected chi connectivity index (χ2v) is 5.35. The molecule has 1 aromatic carbocycles. The Morgan fingerprint density at radius 3 is 2.82 bits per heavy atom. The van der Waals surface area contributed by atoms with Crippen LogP contribution in [0.25, 0.3) is 0 Å². The van der Waals surface area contributed by atoms with Gasteiger partial charge < -0.3 is 9.88 Å². The molecule has 1 heterocycles. The Hall–Kier alpha value is -0.820. The standard InChI is InChI=1S/C11H12ClIN4/c1-7-15-16-11(17(7)2)6-14-10-5-8(13)3-4-9(10)12/h3-5,14H,6H2,1-2H3.